The fourth-order valence-corrected chi connectivity index (χ4v) is 0.541. The summed E-state index contributed by atoms with van der Waals surface area (Å²) >= 11 is 3.18. The van der Waals surface area contributed by atoms with Crippen molar-refractivity contribution >= 4 is 21.9 Å². The van der Waals surface area contributed by atoms with Gasteiger partial charge in [0, 0.05) is 4.48 Å². The predicted octanol–water partition coefficient (Wildman–Crippen LogP) is 1.85. The largest absolute Gasteiger partial charge is 0.469 e. The number of halogens is 1. The van der Waals surface area contributed by atoms with Gasteiger partial charge < -0.3 is 4.74 Å². The molecule has 0 aromatic carbocycles. The Morgan fingerprint density at radius 3 is 2.67 bits per heavy atom. The Hall–Kier alpha value is -0.310. The summed E-state index contributed by atoms with van der Waals surface area (Å²) < 4.78 is 5.27. The average molecular weight is 193 g/mol. The van der Waals surface area contributed by atoms with Crippen molar-refractivity contribution in [2.75, 3.05) is 7.11 Å². The molecule has 0 aliphatic carbocycles. The first kappa shape index (κ1) is 8.69. The van der Waals surface area contributed by atoms with E-state index in [2.05, 4.69) is 20.7 Å². The van der Waals surface area contributed by atoms with Crippen LogP contribution in [0.1, 0.15) is 13.3 Å². The highest BCUT2D eigenvalue weighted by molar-refractivity contribution is 9.11. The zero-order valence-electron chi connectivity index (χ0n) is 5.48. The molecule has 0 N–H and O–H groups in total. The number of carbonyl (C=O) groups excluding carboxylic acids is 1. The molecule has 0 aliphatic rings. The molecule has 0 rings (SSSR count). The minimum atomic E-state index is -0.222. The van der Waals surface area contributed by atoms with Crippen LogP contribution < -0.4 is 0 Å². The second-order valence-electron chi connectivity index (χ2n) is 1.49. The molecule has 0 heterocycles. The molecule has 0 spiro atoms. The molecular weight excluding hydrogens is 184 g/mol. The Bertz CT molecular complexity index is 129. The van der Waals surface area contributed by atoms with E-state index in [9.17, 15) is 4.79 Å². The van der Waals surface area contributed by atoms with Crippen molar-refractivity contribution in [2.24, 2.45) is 0 Å². The first-order valence-electron chi connectivity index (χ1n) is 2.58. The van der Waals surface area contributed by atoms with Crippen LogP contribution in [0.15, 0.2) is 10.6 Å². The number of carbonyl (C=O) groups is 1. The Labute approximate surface area is 63.0 Å². The maximum atomic E-state index is 10.5. The first-order chi connectivity index (χ1) is 4.20. The van der Waals surface area contributed by atoms with E-state index >= 15 is 0 Å². The Balaban J connectivity index is 3.60. The van der Waals surface area contributed by atoms with Crippen LogP contribution in [0.2, 0.25) is 0 Å². The van der Waals surface area contributed by atoms with E-state index in [1.165, 1.54) is 7.11 Å². The molecule has 0 bridgehead atoms. The molecule has 0 radical (unpaired) electrons. The van der Waals surface area contributed by atoms with Gasteiger partial charge in [-0.25, -0.2) is 0 Å². The molecule has 0 aromatic heterocycles. The zero-order valence-corrected chi connectivity index (χ0v) is 7.06. The van der Waals surface area contributed by atoms with E-state index in [4.69, 9.17) is 0 Å². The molecule has 3 heteroatoms. The maximum absolute atomic E-state index is 10.5. The minimum absolute atomic E-state index is 0.222. The average Bonchev–Trinajstić information content (AvgIpc) is 1.87. The van der Waals surface area contributed by atoms with Crippen molar-refractivity contribution in [3.05, 3.63) is 10.6 Å². The lowest BCUT2D eigenvalue weighted by molar-refractivity contribution is -0.139. The lowest BCUT2D eigenvalue weighted by Gasteiger charge is -1.94. The highest BCUT2D eigenvalue weighted by Crippen LogP contribution is 2.09. The van der Waals surface area contributed by atoms with Gasteiger partial charge in [0.1, 0.15) is 0 Å². The van der Waals surface area contributed by atoms with Crippen LogP contribution >= 0.6 is 15.9 Å². The van der Waals surface area contributed by atoms with Gasteiger partial charge in [-0.3, -0.25) is 4.79 Å². The van der Waals surface area contributed by atoms with Gasteiger partial charge in [-0.1, -0.05) is 22.0 Å². The van der Waals surface area contributed by atoms with Gasteiger partial charge in [-0.2, -0.15) is 0 Å². The molecule has 0 unspecified atom stereocenters. The summed E-state index contributed by atoms with van der Waals surface area (Å²) in [6.07, 6.45) is 2.14. The molecule has 0 saturated heterocycles. The standard InChI is InChI=1S/C6H9BrO2/c1-3-5(7)4-6(8)9-2/h3H,4H2,1-2H3/b5-3-. The number of esters is 1. The number of hydrogen-bond donors (Lipinski definition) is 0. The second kappa shape index (κ2) is 4.56. The summed E-state index contributed by atoms with van der Waals surface area (Å²) in [4.78, 5) is 10.5. The van der Waals surface area contributed by atoms with Gasteiger partial charge in [0.05, 0.1) is 13.5 Å². The number of allylic oxidation sites excluding steroid dienone is 1. The number of hydrogen-bond acceptors (Lipinski definition) is 2. The van der Waals surface area contributed by atoms with Crippen molar-refractivity contribution in [3.8, 4) is 0 Å². The van der Waals surface area contributed by atoms with Crippen molar-refractivity contribution in [3.63, 3.8) is 0 Å². The van der Waals surface area contributed by atoms with Crippen molar-refractivity contribution < 1.29 is 9.53 Å². The Morgan fingerprint density at radius 1 is 1.78 bits per heavy atom. The monoisotopic (exact) mass is 192 g/mol. The smallest absolute Gasteiger partial charge is 0.310 e. The number of rotatable bonds is 2. The van der Waals surface area contributed by atoms with E-state index in [0.29, 0.717) is 6.42 Å². The van der Waals surface area contributed by atoms with Crippen LogP contribution in [-0.2, 0) is 9.53 Å². The van der Waals surface area contributed by atoms with Gasteiger partial charge in [-0.15, -0.1) is 0 Å². The summed E-state index contributed by atoms with van der Waals surface area (Å²) in [5, 5.41) is 0. The fourth-order valence-electron chi connectivity index (χ4n) is 0.312. The summed E-state index contributed by atoms with van der Waals surface area (Å²) in [6.45, 7) is 1.85. The van der Waals surface area contributed by atoms with E-state index in [1.807, 2.05) is 13.0 Å². The van der Waals surface area contributed by atoms with Crippen molar-refractivity contribution in [1.82, 2.24) is 0 Å². The van der Waals surface area contributed by atoms with Crippen LogP contribution in [0.25, 0.3) is 0 Å². The molecule has 0 atom stereocenters. The second-order valence-corrected chi connectivity index (χ2v) is 2.51. The van der Waals surface area contributed by atoms with E-state index in [-0.39, 0.29) is 5.97 Å². The molecule has 0 aliphatic heterocycles. The van der Waals surface area contributed by atoms with Gasteiger partial charge >= 0.3 is 5.97 Å². The Morgan fingerprint density at radius 2 is 2.33 bits per heavy atom. The van der Waals surface area contributed by atoms with Crippen molar-refractivity contribution in [2.45, 2.75) is 13.3 Å². The highest BCUT2D eigenvalue weighted by Gasteiger charge is 1.99. The molecular formula is C6H9BrO2. The van der Waals surface area contributed by atoms with E-state index in [0.717, 1.165) is 4.48 Å². The third-order valence-electron chi connectivity index (χ3n) is 0.854. The molecule has 52 valence electrons. The molecule has 0 saturated carbocycles. The summed E-state index contributed by atoms with van der Waals surface area (Å²) in [6, 6.07) is 0. The van der Waals surface area contributed by atoms with Crippen LogP contribution in [0.4, 0.5) is 0 Å². The minimum Gasteiger partial charge on any atom is -0.469 e. The molecule has 2 nitrogen and oxygen atoms in total. The van der Waals surface area contributed by atoms with Gasteiger partial charge in [0.15, 0.2) is 0 Å². The lowest BCUT2D eigenvalue weighted by Crippen LogP contribution is -1.98. The van der Waals surface area contributed by atoms with Gasteiger partial charge in [0.2, 0.25) is 0 Å². The summed E-state index contributed by atoms with van der Waals surface area (Å²) in [5.74, 6) is -0.222. The third-order valence-corrected chi connectivity index (χ3v) is 1.59. The molecule has 0 aromatic rings. The highest BCUT2D eigenvalue weighted by atomic mass is 79.9. The lowest BCUT2D eigenvalue weighted by atomic mass is 10.4. The van der Waals surface area contributed by atoms with Gasteiger partial charge in [0.25, 0.3) is 0 Å². The number of methoxy groups -OCH3 is 1. The van der Waals surface area contributed by atoms with Crippen LogP contribution in [0, 0.1) is 0 Å². The van der Waals surface area contributed by atoms with Crippen LogP contribution in [0.3, 0.4) is 0 Å². The predicted molar refractivity (Wildman–Crippen MR) is 39.3 cm³/mol. The van der Waals surface area contributed by atoms with Crippen molar-refractivity contribution in [1.29, 1.82) is 0 Å². The normalized spacial score (nSPS) is 11.2. The maximum Gasteiger partial charge on any atom is 0.310 e. The topological polar surface area (TPSA) is 26.3 Å². The Kier molecular flexibility index (Phi) is 4.40. The molecule has 9 heavy (non-hydrogen) atoms. The molecule has 0 amide bonds. The van der Waals surface area contributed by atoms with E-state index in [1.54, 1.807) is 0 Å². The van der Waals surface area contributed by atoms with E-state index < -0.39 is 0 Å². The SMILES string of the molecule is C/C=C(\Br)CC(=O)OC. The van der Waals surface area contributed by atoms with Crippen LogP contribution in [0.5, 0.6) is 0 Å². The first-order valence-corrected chi connectivity index (χ1v) is 3.37. The number of ether oxygens (including phenoxy) is 1. The van der Waals surface area contributed by atoms with Gasteiger partial charge in [-0.05, 0) is 6.92 Å². The zero-order chi connectivity index (χ0) is 7.28. The summed E-state index contributed by atoms with van der Waals surface area (Å²) in [5.41, 5.74) is 0. The molecule has 0 fully saturated rings. The summed E-state index contributed by atoms with van der Waals surface area (Å²) in [7, 11) is 1.37. The van der Waals surface area contributed by atoms with Crippen LogP contribution in [-0.4, -0.2) is 13.1 Å². The fraction of sp³-hybridized carbons (Fsp3) is 0.500. The third kappa shape index (κ3) is 4.21. The quantitative estimate of drug-likeness (QED) is 0.625.